The third-order valence-electron chi connectivity index (χ3n) is 5.63. The molecule has 0 bridgehead atoms. The van der Waals surface area contributed by atoms with Gasteiger partial charge in [-0.25, -0.2) is 0 Å². The summed E-state index contributed by atoms with van der Waals surface area (Å²) in [6, 6.07) is 39.5. The largest absolute Gasteiger partial charge is 0.497 e. The highest BCUT2D eigenvalue weighted by molar-refractivity contribution is 7.80. The van der Waals surface area contributed by atoms with E-state index in [1.54, 1.807) is 7.11 Å². The Hall–Kier alpha value is -2.67. The van der Waals surface area contributed by atoms with Crippen LogP contribution in [0.2, 0.25) is 13.1 Å². The quantitative estimate of drug-likeness (QED) is 0.330. The maximum absolute atomic E-state index is 5.76. The molecular formula is C27H27OPSi. The van der Waals surface area contributed by atoms with Gasteiger partial charge in [0.25, 0.3) is 0 Å². The van der Waals surface area contributed by atoms with E-state index in [4.69, 9.17) is 4.74 Å². The van der Waals surface area contributed by atoms with Gasteiger partial charge in [-0.3, -0.25) is 0 Å². The predicted molar refractivity (Wildman–Crippen MR) is 135 cm³/mol. The first kappa shape index (κ1) is 20.6. The molecule has 0 fully saturated rings. The van der Waals surface area contributed by atoms with Crippen LogP contribution in [-0.4, -0.2) is 15.2 Å². The Kier molecular flexibility index (Phi) is 6.18. The molecule has 0 spiro atoms. The summed E-state index contributed by atoms with van der Waals surface area (Å²) < 4.78 is 5.76. The fraction of sp³-hybridized carbons (Fsp3) is 0.111. The van der Waals surface area contributed by atoms with E-state index in [0.717, 1.165) is 5.75 Å². The number of methoxy groups -OCH3 is 1. The SMILES string of the molecule is COc1ccccc1[Si](C)(C)c1ccccc1P(c1ccccc1)c1ccccc1. The topological polar surface area (TPSA) is 9.23 Å². The van der Waals surface area contributed by atoms with Gasteiger partial charge in [0.15, 0.2) is 0 Å². The van der Waals surface area contributed by atoms with Crippen molar-refractivity contribution in [2.75, 3.05) is 7.11 Å². The Morgan fingerprint density at radius 2 is 1.03 bits per heavy atom. The Morgan fingerprint density at radius 3 is 1.60 bits per heavy atom. The van der Waals surface area contributed by atoms with Gasteiger partial charge in [-0.2, -0.15) is 0 Å². The molecule has 3 heteroatoms. The van der Waals surface area contributed by atoms with E-state index in [1.807, 2.05) is 0 Å². The lowest BCUT2D eigenvalue weighted by molar-refractivity contribution is 0.418. The van der Waals surface area contributed by atoms with Crippen LogP contribution < -0.4 is 31.0 Å². The lowest BCUT2D eigenvalue weighted by Gasteiger charge is -2.31. The van der Waals surface area contributed by atoms with Gasteiger partial charge in [0, 0.05) is 0 Å². The van der Waals surface area contributed by atoms with E-state index in [9.17, 15) is 0 Å². The molecule has 4 aromatic carbocycles. The average molecular weight is 427 g/mol. The summed E-state index contributed by atoms with van der Waals surface area (Å²) in [6.45, 7) is 4.88. The van der Waals surface area contributed by atoms with Gasteiger partial charge in [-0.1, -0.05) is 116 Å². The molecule has 4 aromatic rings. The van der Waals surface area contributed by atoms with Crippen molar-refractivity contribution in [1.82, 2.24) is 0 Å². The lowest BCUT2D eigenvalue weighted by Crippen LogP contribution is -2.58. The molecule has 0 saturated heterocycles. The van der Waals surface area contributed by atoms with E-state index < -0.39 is 16.0 Å². The van der Waals surface area contributed by atoms with Crippen LogP contribution in [0.5, 0.6) is 5.75 Å². The highest BCUT2D eigenvalue weighted by Crippen LogP contribution is 2.32. The van der Waals surface area contributed by atoms with E-state index in [0.29, 0.717) is 0 Å². The molecule has 4 rings (SSSR count). The summed E-state index contributed by atoms with van der Waals surface area (Å²) >= 11 is 0. The summed E-state index contributed by atoms with van der Waals surface area (Å²) in [6.07, 6.45) is 0. The fourth-order valence-corrected chi connectivity index (χ4v) is 10.4. The van der Waals surface area contributed by atoms with Crippen LogP contribution in [0.15, 0.2) is 109 Å². The Morgan fingerprint density at radius 1 is 0.567 bits per heavy atom. The zero-order valence-corrected chi connectivity index (χ0v) is 19.6. The van der Waals surface area contributed by atoms with Crippen molar-refractivity contribution in [1.29, 1.82) is 0 Å². The maximum atomic E-state index is 5.76. The second-order valence-electron chi connectivity index (χ2n) is 7.85. The van der Waals surface area contributed by atoms with Crippen LogP contribution in [0.25, 0.3) is 0 Å². The molecule has 0 saturated carbocycles. The molecule has 0 aliphatic heterocycles. The number of hydrogen-bond donors (Lipinski definition) is 0. The van der Waals surface area contributed by atoms with Gasteiger partial charge < -0.3 is 4.74 Å². The molecular weight excluding hydrogens is 399 g/mol. The van der Waals surface area contributed by atoms with Crippen molar-refractivity contribution >= 4 is 42.3 Å². The van der Waals surface area contributed by atoms with Crippen LogP contribution >= 0.6 is 7.92 Å². The van der Waals surface area contributed by atoms with Gasteiger partial charge in [0.05, 0.1) is 7.11 Å². The summed E-state index contributed by atoms with van der Waals surface area (Å²) in [5.41, 5.74) is 0. The minimum atomic E-state index is -2.00. The Labute approximate surface area is 182 Å². The number of para-hydroxylation sites is 1. The second-order valence-corrected chi connectivity index (χ2v) is 14.4. The highest BCUT2D eigenvalue weighted by atomic mass is 31.1. The van der Waals surface area contributed by atoms with E-state index in [1.165, 1.54) is 26.3 Å². The fourth-order valence-electron chi connectivity index (χ4n) is 4.08. The monoisotopic (exact) mass is 426 g/mol. The molecule has 0 amide bonds. The van der Waals surface area contributed by atoms with Crippen LogP contribution in [0, 0.1) is 0 Å². The molecule has 0 N–H and O–H groups in total. The van der Waals surface area contributed by atoms with Crippen molar-refractivity contribution in [2.24, 2.45) is 0 Å². The third kappa shape index (κ3) is 3.99. The maximum Gasteiger partial charge on any atom is 0.118 e. The molecule has 0 radical (unpaired) electrons. The van der Waals surface area contributed by atoms with E-state index >= 15 is 0 Å². The van der Waals surface area contributed by atoms with Gasteiger partial charge in [-0.05, 0) is 40.3 Å². The first-order valence-electron chi connectivity index (χ1n) is 10.3. The molecule has 150 valence electrons. The Balaban J connectivity index is 1.93. The van der Waals surface area contributed by atoms with Crippen LogP contribution in [0.3, 0.4) is 0 Å². The number of ether oxygens (including phenoxy) is 1. The summed E-state index contributed by atoms with van der Waals surface area (Å²) in [5.74, 6) is 0.993. The average Bonchev–Trinajstić information content (AvgIpc) is 2.81. The first-order chi connectivity index (χ1) is 14.6. The molecule has 30 heavy (non-hydrogen) atoms. The van der Waals surface area contributed by atoms with Crippen LogP contribution in [0.1, 0.15) is 0 Å². The first-order valence-corrected chi connectivity index (χ1v) is 14.6. The molecule has 1 nitrogen and oxygen atoms in total. The molecule has 0 aliphatic carbocycles. The minimum Gasteiger partial charge on any atom is -0.497 e. The van der Waals surface area contributed by atoms with Crippen molar-refractivity contribution in [3.8, 4) is 5.75 Å². The van der Waals surface area contributed by atoms with Crippen molar-refractivity contribution in [3.63, 3.8) is 0 Å². The van der Waals surface area contributed by atoms with Crippen molar-refractivity contribution in [2.45, 2.75) is 13.1 Å². The highest BCUT2D eigenvalue weighted by Gasteiger charge is 2.33. The molecule has 0 unspecified atom stereocenters. The summed E-state index contributed by atoms with van der Waals surface area (Å²) in [7, 11) is -0.871. The van der Waals surface area contributed by atoms with Crippen molar-refractivity contribution < 1.29 is 4.74 Å². The summed E-state index contributed by atoms with van der Waals surface area (Å²) in [4.78, 5) is 0. The molecule has 0 atom stereocenters. The van der Waals surface area contributed by atoms with Crippen LogP contribution in [-0.2, 0) is 0 Å². The summed E-state index contributed by atoms with van der Waals surface area (Å²) in [5, 5.41) is 7.05. The molecule has 0 aromatic heterocycles. The molecule has 0 aliphatic rings. The Bertz CT molecular complexity index is 1070. The van der Waals surface area contributed by atoms with E-state index in [-0.39, 0.29) is 0 Å². The number of hydrogen-bond acceptors (Lipinski definition) is 1. The van der Waals surface area contributed by atoms with Gasteiger partial charge in [0.1, 0.15) is 13.8 Å². The van der Waals surface area contributed by atoms with Gasteiger partial charge in [0.2, 0.25) is 0 Å². The zero-order valence-electron chi connectivity index (χ0n) is 17.7. The molecule has 0 heterocycles. The zero-order chi connectivity index (χ0) is 21.0. The third-order valence-corrected chi connectivity index (χ3v) is 11.9. The number of rotatable bonds is 6. The smallest absolute Gasteiger partial charge is 0.118 e. The number of benzene rings is 4. The van der Waals surface area contributed by atoms with E-state index in [2.05, 4.69) is 122 Å². The second kappa shape index (κ2) is 9.00. The van der Waals surface area contributed by atoms with Gasteiger partial charge in [-0.15, -0.1) is 0 Å². The minimum absolute atomic E-state index is 0.641. The lowest BCUT2D eigenvalue weighted by atomic mass is 10.3. The van der Waals surface area contributed by atoms with Crippen LogP contribution in [0.4, 0.5) is 0 Å². The predicted octanol–water partition coefficient (Wildman–Crippen LogP) is 4.28. The van der Waals surface area contributed by atoms with Gasteiger partial charge >= 0.3 is 0 Å². The van der Waals surface area contributed by atoms with Crippen molar-refractivity contribution in [3.05, 3.63) is 109 Å². The normalized spacial score (nSPS) is 11.5. The standard InChI is InChI=1S/C27H27OPSi/c1-28-24-18-10-12-20-26(24)30(2,3)27-21-13-11-19-25(27)29(22-14-6-4-7-15-22)23-16-8-5-9-17-23/h4-21H,1-3H3.